The summed E-state index contributed by atoms with van der Waals surface area (Å²) >= 11 is 0. The first-order chi connectivity index (χ1) is 15.9. The lowest BCUT2D eigenvalue weighted by atomic mass is 9.93. The highest BCUT2D eigenvalue weighted by Gasteiger charge is 2.44. The number of nitrogens with one attached hydrogen (secondary N) is 1. The van der Waals surface area contributed by atoms with Crippen LogP contribution in [0.4, 0.5) is 4.79 Å². The number of benzene rings is 2. The lowest BCUT2D eigenvalue weighted by Gasteiger charge is -2.24. The fourth-order valence-corrected chi connectivity index (χ4v) is 3.93. The summed E-state index contributed by atoms with van der Waals surface area (Å²) in [6.45, 7) is 3.80. The maximum Gasteiger partial charge on any atom is 0.407 e. The van der Waals surface area contributed by atoms with Gasteiger partial charge >= 0.3 is 18.0 Å². The third-order valence-corrected chi connectivity index (χ3v) is 5.69. The van der Waals surface area contributed by atoms with E-state index in [1.165, 1.54) is 6.08 Å². The molecule has 3 rings (SSSR count). The molecule has 0 unspecified atom stereocenters. The van der Waals surface area contributed by atoms with E-state index in [0.29, 0.717) is 12.8 Å². The minimum absolute atomic E-state index is 0.00418. The number of nitrogens with two attached hydrogens (primary N) is 1. The molecule has 0 aromatic heterocycles. The van der Waals surface area contributed by atoms with E-state index in [9.17, 15) is 19.5 Å². The highest BCUT2D eigenvalue weighted by Crippen LogP contribution is 2.44. The zero-order valence-electron chi connectivity index (χ0n) is 18.3. The van der Waals surface area contributed by atoms with Crippen molar-refractivity contribution in [1.82, 2.24) is 5.32 Å². The Morgan fingerprint density at radius 2 is 1.64 bits per heavy atom. The molecule has 0 radical (unpaired) electrons. The van der Waals surface area contributed by atoms with E-state index in [1.807, 2.05) is 48.5 Å². The Hall–Kier alpha value is -3.65. The molecule has 2 aromatic carbocycles. The van der Waals surface area contributed by atoms with Crippen molar-refractivity contribution < 1.29 is 29.0 Å². The van der Waals surface area contributed by atoms with Crippen molar-refractivity contribution in [3.05, 3.63) is 72.3 Å². The third-order valence-electron chi connectivity index (χ3n) is 5.69. The first-order valence-electron chi connectivity index (χ1n) is 10.8. The Morgan fingerprint density at radius 3 is 2.21 bits per heavy atom. The third kappa shape index (κ3) is 5.40. The molecular weight excluding hydrogens is 424 g/mol. The maximum atomic E-state index is 12.8. The van der Waals surface area contributed by atoms with E-state index in [2.05, 4.69) is 11.9 Å². The highest BCUT2D eigenvalue weighted by atomic mass is 16.5. The summed E-state index contributed by atoms with van der Waals surface area (Å²) in [5.41, 5.74) is 8.01. The number of hydrogen-bond donors (Lipinski definition) is 3. The molecule has 0 spiro atoms. The smallest absolute Gasteiger partial charge is 0.407 e. The number of fused-ring (bicyclic) bond motifs is 3. The van der Waals surface area contributed by atoms with Crippen LogP contribution in [0.2, 0.25) is 0 Å². The predicted molar refractivity (Wildman–Crippen MR) is 123 cm³/mol. The van der Waals surface area contributed by atoms with Crippen LogP contribution in [0, 0.1) is 0 Å². The van der Waals surface area contributed by atoms with Gasteiger partial charge in [-0.2, -0.15) is 0 Å². The minimum atomic E-state index is -2.17. The number of alkyl carbamates (subject to hydrolysis) is 1. The summed E-state index contributed by atoms with van der Waals surface area (Å²) in [6, 6.07) is 15.7. The molecular formula is C25H28N2O6. The molecule has 2 aromatic rings. The van der Waals surface area contributed by atoms with Crippen LogP contribution in [0.3, 0.4) is 0 Å². The summed E-state index contributed by atoms with van der Waals surface area (Å²) in [5.74, 6) is -2.61. The van der Waals surface area contributed by atoms with E-state index in [4.69, 9.17) is 15.2 Å². The number of hydrogen-bond acceptors (Lipinski definition) is 6. The van der Waals surface area contributed by atoms with Gasteiger partial charge in [-0.05, 0) is 41.5 Å². The monoisotopic (exact) mass is 452 g/mol. The zero-order valence-corrected chi connectivity index (χ0v) is 18.3. The van der Waals surface area contributed by atoms with Crippen LogP contribution < -0.4 is 11.1 Å². The number of ether oxygens (including phenoxy) is 2. The summed E-state index contributed by atoms with van der Waals surface area (Å²) < 4.78 is 10.2. The molecule has 8 nitrogen and oxygen atoms in total. The average Bonchev–Trinajstić information content (AvgIpc) is 3.14. The molecule has 4 N–H and O–H groups in total. The van der Waals surface area contributed by atoms with Gasteiger partial charge in [0.2, 0.25) is 5.54 Å². The van der Waals surface area contributed by atoms with Crippen LogP contribution in [0.5, 0.6) is 0 Å². The predicted octanol–water partition coefficient (Wildman–Crippen LogP) is 3.21. The Morgan fingerprint density at radius 1 is 1.03 bits per heavy atom. The number of esters is 1. The number of aliphatic carboxylic acids is 1. The second kappa shape index (κ2) is 10.8. The van der Waals surface area contributed by atoms with E-state index in [0.717, 1.165) is 22.3 Å². The minimum Gasteiger partial charge on any atom is -0.479 e. The molecule has 0 fully saturated rings. The van der Waals surface area contributed by atoms with Crippen LogP contribution in [0.1, 0.15) is 36.3 Å². The SMILES string of the molecule is C=CCOC(=O)NCCCC[C@](N)(C(=O)O)C(=O)OCC1c2ccccc2-c2ccccc21. The van der Waals surface area contributed by atoms with Crippen LogP contribution in [-0.2, 0) is 19.1 Å². The van der Waals surface area contributed by atoms with Gasteiger partial charge in [0, 0.05) is 12.5 Å². The van der Waals surface area contributed by atoms with Crippen LogP contribution in [0.25, 0.3) is 11.1 Å². The molecule has 0 heterocycles. The fraction of sp³-hybridized carbons (Fsp3) is 0.320. The molecule has 1 atom stereocenters. The van der Waals surface area contributed by atoms with E-state index < -0.39 is 23.6 Å². The molecule has 0 aliphatic heterocycles. The molecule has 33 heavy (non-hydrogen) atoms. The summed E-state index contributed by atoms with van der Waals surface area (Å²) in [4.78, 5) is 36.0. The number of carboxylic acid groups (broad SMARTS) is 1. The number of unbranched alkanes of at least 4 members (excludes halogenated alkanes) is 1. The van der Waals surface area contributed by atoms with Gasteiger partial charge in [-0.15, -0.1) is 0 Å². The molecule has 8 heteroatoms. The molecule has 1 aliphatic carbocycles. The van der Waals surface area contributed by atoms with Crippen LogP contribution >= 0.6 is 0 Å². The van der Waals surface area contributed by atoms with Gasteiger partial charge < -0.3 is 25.6 Å². The standard InChI is InChI=1S/C25H28N2O6/c1-2-15-32-24(31)27-14-8-7-13-25(26,22(28)29)23(30)33-16-21-19-11-5-3-9-17(19)18-10-4-6-12-20(18)21/h2-6,9-12,21H,1,7-8,13-16,26H2,(H,27,31)(H,28,29)/t25-/m0/s1. The summed E-state index contributed by atoms with van der Waals surface area (Å²) in [6.07, 6.45) is 1.45. The second-order valence-corrected chi connectivity index (χ2v) is 7.87. The van der Waals surface area contributed by atoms with Crippen molar-refractivity contribution in [3.8, 4) is 11.1 Å². The van der Waals surface area contributed by atoms with Crippen molar-refractivity contribution in [2.75, 3.05) is 19.8 Å². The first kappa shape index (κ1) is 24.0. The van der Waals surface area contributed by atoms with E-state index in [1.54, 1.807) is 0 Å². The molecule has 1 aliphatic rings. The zero-order chi connectivity index (χ0) is 23.8. The van der Waals surface area contributed by atoms with Gasteiger partial charge in [-0.3, -0.25) is 0 Å². The second-order valence-electron chi connectivity index (χ2n) is 7.87. The molecule has 174 valence electrons. The first-order valence-corrected chi connectivity index (χ1v) is 10.8. The number of carboxylic acids is 1. The highest BCUT2D eigenvalue weighted by molar-refractivity contribution is 6.03. The topological polar surface area (TPSA) is 128 Å². The maximum absolute atomic E-state index is 12.8. The summed E-state index contributed by atoms with van der Waals surface area (Å²) in [5, 5.41) is 12.2. The van der Waals surface area contributed by atoms with Gasteiger partial charge in [0.1, 0.15) is 13.2 Å². The van der Waals surface area contributed by atoms with Crippen LogP contribution in [-0.4, -0.2) is 48.4 Å². The molecule has 0 saturated heterocycles. The van der Waals surface area contributed by atoms with Gasteiger partial charge in [0.25, 0.3) is 0 Å². The summed E-state index contributed by atoms with van der Waals surface area (Å²) in [7, 11) is 0. The Bertz CT molecular complexity index is 992. The normalized spacial score (nSPS) is 13.8. The van der Waals surface area contributed by atoms with Crippen molar-refractivity contribution in [1.29, 1.82) is 0 Å². The van der Waals surface area contributed by atoms with Gasteiger partial charge in [-0.25, -0.2) is 14.4 Å². The van der Waals surface area contributed by atoms with Crippen molar-refractivity contribution >= 4 is 18.0 Å². The quantitative estimate of drug-likeness (QED) is 0.207. The number of amides is 1. The van der Waals surface area contributed by atoms with Crippen molar-refractivity contribution in [3.63, 3.8) is 0 Å². The Balaban J connectivity index is 1.58. The largest absolute Gasteiger partial charge is 0.479 e. The van der Waals surface area contributed by atoms with Crippen LogP contribution in [0.15, 0.2) is 61.2 Å². The number of carbonyl (C=O) groups excluding carboxylic acids is 2. The Kier molecular flexibility index (Phi) is 7.84. The van der Waals surface area contributed by atoms with Gasteiger partial charge in [0.15, 0.2) is 0 Å². The molecule has 0 saturated carbocycles. The fourth-order valence-electron chi connectivity index (χ4n) is 3.93. The number of carbonyl (C=O) groups is 3. The average molecular weight is 453 g/mol. The lowest BCUT2D eigenvalue weighted by molar-refractivity contribution is -0.161. The lowest BCUT2D eigenvalue weighted by Crippen LogP contribution is -2.56. The van der Waals surface area contributed by atoms with Gasteiger partial charge in [0.05, 0.1) is 0 Å². The number of rotatable bonds is 11. The van der Waals surface area contributed by atoms with Crippen molar-refractivity contribution in [2.45, 2.75) is 30.7 Å². The van der Waals surface area contributed by atoms with E-state index in [-0.39, 0.29) is 32.1 Å². The molecule has 1 amide bonds. The van der Waals surface area contributed by atoms with Crippen molar-refractivity contribution in [2.24, 2.45) is 5.73 Å². The molecule has 0 bridgehead atoms. The van der Waals surface area contributed by atoms with E-state index >= 15 is 0 Å². The Labute approximate surface area is 192 Å². The van der Waals surface area contributed by atoms with Gasteiger partial charge in [-0.1, -0.05) is 61.2 Å².